The first kappa shape index (κ1) is 11.2. The molecule has 0 fully saturated rings. The molecule has 0 saturated carbocycles. The number of hydrogen-bond donors (Lipinski definition) is 1. The van der Waals surface area contributed by atoms with Crippen molar-refractivity contribution in [2.24, 2.45) is 0 Å². The maximum Gasteiger partial charge on any atom is 0.126 e. The van der Waals surface area contributed by atoms with Crippen molar-refractivity contribution >= 4 is 11.3 Å². The van der Waals surface area contributed by atoms with Crippen molar-refractivity contribution in [2.75, 3.05) is 0 Å². The van der Waals surface area contributed by atoms with Crippen molar-refractivity contribution in [3.8, 4) is 11.3 Å². The number of aryl methyl sites for hydroxylation is 1. The largest absolute Gasteiger partial charge is 0.386 e. The summed E-state index contributed by atoms with van der Waals surface area (Å²) >= 11 is 1.38. The normalized spacial score (nSPS) is 12.8. The predicted molar refractivity (Wildman–Crippen MR) is 62.9 cm³/mol. The summed E-state index contributed by atoms with van der Waals surface area (Å²) in [5.41, 5.74) is 2.07. The van der Waals surface area contributed by atoms with Gasteiger partial charge in [0.25, 0.3) is 0 Å². The zero-order chi connectivity index (χ0) is 11.7. The first-order valence-electron chi connectivity index (χ1n) is 4.98. The van der Waals surface area contributed by atoms with Crippen LogP contribution >= 0.6 is 11.3 Å². The zero-order valence-electron chi connectivity index (χ0n) is 9.07. The fraction of sp³-hybridized carbons (Fsp3) is 0.250. The number of aliphatic hydroxyl groups is 1. The van der Waals surface area contributed by atoms with Gasteiger partial charge in [0.05, 0.1) is 5.69 Å². The highest BCUT2D eigenvalue weighted by Crippen LogP contribution is 2.26. The second kappa shape index (κ2) is 4.31. The maximum atomic E-state index is 13.4. The zero-order valence-corrected chi connectivity index (χ0v) is 9.88. The molecule has 2 rings (SSSR count). The van der Waals surface area contributed by atoms with Crippen molar-refractivity contribution in [3.05, 3.63) is 40.0 Å². The number of hydrogen-bond acceptors (Lipinski definition) is 3. The van der Waals surface area contributed by atoms with Gasteiger partial charge in [0.1, 0.15) is 16.9 Å². The second-order valence-electron chi connectivity index (χ2n) is 3.71. The number of thiazole rings is 1. The Morgan fingerprint density at radius 2 is 2.19 bits per heavy atom. The first-order valence-corrected chi connectivity index (χ1v) is 5.86. The van der Waals surface area contributed by atoms with Crippen molar-refractivity contribution in [1.29, 1.82) is 0 Å². The van der Waals surface area contributed by atoms with E-state index in [0.29, 0.717) is 16.3 Å². The van der Waals surface area contributed by atoms with Crippen molar-refractivity contribution in [2.45, 2.75) is 20.0 Å². The summed E-state index contributed by atoms with van der Waals surface area (Å²) in [6, 6.07) is 5.03. The van der Waals surface area contributed by atoms with Gasteiger partial charge >= 0.3 is 0 Å². The fourth-order valence-electron chi connectivity index (χ4n) is 1.36. The lowest BCUT2D eigenvalue weighted by molar-refractivity contribution is 0.199. The van der Waals surface area contributed by atoms with Crippen molar-refractivity contribution in [3.63, 3.8) is 0 Å². The van der Waals surface area contributed by atoms with E-state index in [9.17, 15) is 9.50 Å². The van der Waals surface area contributed by atoms with Gasteiger partial charge in [0.2, 0.25) is 0 Å². The van der Waals surface area contributed by atoms with Crippen LogP contribution in [0.15, 0.2) is 23.6 Å². The molecule has 16 heavy (non-hydrogen) atoms. The van der Waals surface area contributed by atoms with Crippen LogP contribution in [0.1, 0.15) is 23.6 Å². The molecule has 0 saturated heterocycles. The fourth-order valence-corrected chi connectivity index (χ4v) is 2.13. The summed E-state index contributed by atoms with van der Waals surface area (Å²) in [6.45, 7) is 3.39. The highest BCUT2D eigenvalue weighted by Gasteiger charge is 2.09. The molecule has 1 aromatic carbocycles. The lowest BCUT2D eigenvalue weighted by Gasteiger charge is -2.00. The van der Waals surface area contributed by atoms with E-state index in [1.807, 2.05) is 11.4 Å². The Labute approximate surface area is 97.4 Å². The van der Waals surface area contributed by atoms with Crippen LogP contribution in [0.5, 0.6) is 0 Å². The highest BCUT2D eigenvalue weighted by molar-refractivity contribution is 7.10. The summed E-state index contributed by atoms with van der Waals surface area (Å²) in [7, 11) is 0. The van der Waals surface area contributed by atoms with E-state index in [1.54, 1.807) is 19.9 Å². The topological polar surface area (TPSA) is 33.1 Å². The quantitative estimate of drug-likeness (QED) is 0.869. The molecular weight excluding hydrogens is 225 g/mol. The van der Waals surface area contributed by atoms with E-state index in [1.165, 1.54) is 17.4 Å². The third kappa shape index (κ3) is 2.13. The molecule has 1 heterocycles. The molecule has 1 unspecified atom stereocenters. The third-order valence-electron chi connectivity index (χ3n) is 2.35. The van der Waals surface area contributed by atoms with E-state index < -0.39 is 6.10 Å². The van der Waals surface area contributed by atoms with E-state index in [-0.39, 0.29) is 5.82 Å². The summed E-state index contributed by atoms with van der Waals surface area (Å²) in [4.78, 5) is 4.25. The van der Waals surface area contributed by atoms with E-state index >= 15 is 0 Å². The number of aliphatic hydroxyl groups excluding tert-OH is 1. The number of nitrogens with zero attached hydrogens (tertiary/aromatic N) is 1. The minimum atomic E-state index is -0.575. The summed E-state index contributed by atoms with van der Waals surface area (Å²) < 4.78 is 13.4. The Hall–Kier alpha value is -1.26. The van der Waals surface area contributed by atoms with Crippen LogP contribution in [0.25, 0.3) is 11.3 Å². The van der Waals surface area contributed by atoms with Gasteiger partial charge in [-0.15, -0.1) is 11.3 Å². The van der Waals surface area contributed by atoms with Crippen LogP contribution in [0.2, 0.25) is 0 Å². The van der Waals surface area contributed by atoms with Gasteiger partial charge in [0.15, 0.2) is 0 Å². The van der Waals surface area contributed by atoms with Crippen molar-refractivity contribution < 1.29 is 9.50 Å². The Kier molecular flexibility index (Phi) is 3.03. The van der Waals surface area contributed by atoms with Gasteiger partial charge in [-0.2, -0.15) is 0 Å². The molecule has 0 aliphatic carbocycles. The third-order valence-corrected chi connectivity index (χ3v) is 3.36. The van der Waals surface area contributed by atoms with Gasteiger partial charge in [0, 0.05) is 10.9 Å². The van der Waals surface area contributed by atoms with E-state index in [2.05, 4.69) is 4.98 Å². The molecular formula is C12H12FNOS. The van der Waals surface area contributed by atoms with Crippen LogP contribution in [-0.4, -0.2) is 10.1 Å². The Morgan fingerprint density at radius 1 is 1.44 bits per heavy atom. The van der Waals surface area contributed by atoms with Crippen molar-refractivity contribution in [1.82, 2.24) is 4.98 Å². The molecule has 84 valence electrons. The average Bonchev–Trinajstić information content (AvgIpc) is 2.71. The van der Waals surface area contributed by atoms with E-state index in [0.717, 1.165) is 5.56 Å². The smallest absolute Gasteiger partial charge is 0.126 e. The Balaban J connectivity index is 2.39. The van der Waals surface area contributed by atoms with E-state index in [4.69, 9.17) is 0 Å². The molecule has 0 aliphatic heterocycles. The number of aromatic nitrogens is 1. The molecule has 2 aromatic rings. The van der Waals surface area contributed by atoms with Crippen LogP contribution < -0.4 is 0 Å². The number of benzene rings is 1. The van der Waals surface area contributed by atoms with Crippen LogP contribution in [-0.2, 0) is 0 Å². The predicted octanol–water partition coefficient (Wildman–Crippen LogP) is 3.31. The van der Waals surface area contributed by atoms with Crippen LogP contribution in [0.3, 0.4) is 0 Å². The molecule has 0 spiro atoms. The number of halogens is 1. The lowest BCUT2D eigenvalue weighted by Crippen LogP contribution is -1.90. The Bertz CT molecular complexity index is 507. The van der Waals surface area contributed by atoms with Gasteiger partial charge in [-0.05, 0) is 25.5 Å². The molecule has 0 radical (unpaired) electrons. The molecule has 1 N–H and O–H groups in total. The van der Waals surface area contributed by atoms with Gasteiger partial charge in [-0.25, -0.2) is 9.37 Å². The summed E-state index contributed by atoms with van der Waals surface area (Å²) in [6.07, 6.45) is -0.575. The molecule has 1 atom stereocenters. The SMILES string of the molecule is Cc1ccc(-c2csc(C(C)O)n2)cc1F. The Morgan fingerprint density at radius 3 is 2.75 bits per heavy atom. The molecule has 4 heteroatoms. The molecule has 1 aromatic heterocycles. The van der Waals surface area contributed by atoms with Gasteiger partial charge in [-0.1, -0.05) is 12.1 Å². The molecule has 0 bridgehead atoms. The average molecular weight is 237 g/mol. The molecule has 2 nitrogen and oxygen atoms in total. The molecule has 0 amide bonds. The molecule has 0 aliphatic rings. The standard InChI is InChI=1S/C12H12FNOS/c1-7-3-4-9(5-10(7)13)11-6-16-12(14-11)8(2)15/h3-6,8,15H,1-2H3. The maximum absolute atomic E-state index is 13.4. The minimum Gasteiger partial charge on any atom is -0.386 e. The van der Waals surface area contributed by atoms with Gasteiger partial charge in [-0.3, -0.25) is 0 Å². The summed E-state index contributed by atoms with van der Waals surface area (Å²) in [5.74, 6) is -0.232. The monoisotopic (exact) mass is 237 g/mol. The van der Waals surface area contributed by atoms with Crippen LogP contribution in [0, 0.1) is 12.7 Å². The first-order chi connectivity index (χ1) is 7.58. The minimum absolute atomic E-state index is 0.232. The highest BCUT2D eigenvalue weighted by atomic mass is 32.1. The van der Waals surface area contributed by atoms with Gasteiger partial charge < -0.3 is 5.11 Å². The lowest BCUT2D eigenvalue weighted by atomic mass is 10.1. The van der Waals surface area contributed by atoms with Crippen LogP contribution in [0.4, 0.5) is 4.39 Å². The number of rotatable bonds is 2. The second-order valence-corrected chi connectivity index (χ2v) is 4.60. The summed E-state index contributed by atoms with van der Waals surface area (Å²) in [5, 5.41) is 11.8.